The second-order valence-corrected chi connectivity index (χ2v) is 7.01. The number of nitrogens with zero attached hydrogens (tertiary/aromatic N) is 1. The molecular weight excluding hydrogens is 392 g/mol. The number of carbonyl (C=O) groups excluding carboxylic acids is 3. The predicted molar refractivity (Wildman–Crippen MR) is 107 cm³/mol. The molecule has 2 heterocycles. The molecule has 0 spiro atoms. The normalized spacial score (nSPS) is 23.5. The van der Waals surface area contributed by atoms with E-state index in [0.717, 1.165) is 5.56 Å². The first-order valence-electron chi connectivity index (χ1n) is 9.73. The van der Waals surface area contributed by atoms with Crippen LogP contribution in [0.25, 0.3) is 0 Å². The minimum atomic E-state index is -0.771. The molecule has 1 aromatic rings. The number of amides is 3. The van der Waals surface area contributed by atoms with Crippen LogP contribution in [0.5, 0.6) is 0 Å². The maximum Gasteiger partial charge on any atom is 0.290 e. The first-order valence-corrected chi connectivity index (χ1v) is 9.73. The summed E-state index contributed by atoms with van der Waals surface area (Å²) >= 11 is 0. The Morgan fingerprint density at radius 2 is 1.97 bits per heavy atom. The Morgan fingerprint density at radius 1 is 1.30 bits per heavy atom. The summed E-state index contributed by atoms with van der Waals surface area (Å²) in [6.45, 7) is 1.99. The Hall–Kier alpha value is -2.98. The first-order chi connectivity index (χ1) is 14.4. The summed E-state index contributed by atoms with van der Waals surface area (Å²) in [5.41, 5.74) is 0.993. The molecule has 1 aromatic carbocycles. The zero-order chi connectivity index (χ0) is 22.1. The van der Waals surface area contributed by atoms with E-state index in [-0.39, 0.29) is 30.8 Å². The summed E-state index contributed by atoms with van der Waals surface area (Å²) in [5, 5.41) is 15.3. The zero-order valence-corrected chi connectivity index (χ0v) is 17.0. The molecule has 30 heavy (non-hydrogen) atoms. The van der Waals surface area contributed by atoms with Gasteiger partial charge in [-0.2, -0.15) is 0 Å². The van der Waals surface area contributed by atoms with Crippen LogP contribution in [0.2, 0.25) is 0 Å². The molecule has 2 aliphatic rings. The summed E-state index contributed by atoms with van der Waals surface area (Å²) < 4.78 is 5.73. The number of benzene rings is 1. The van der Waals surface area contributed by atoms with Crippen molar-refractivity contribution in [3.05, 3.63) is 35.9 Å². The van der Waals surface area contributed by atoms with E-state index in [4.69, 9.17) is 14.6 Å². The van der Waals surface area contributed by atoms with E-state index in [9.17, 15) is 14.4 Å². The van der Waals surface area contributed by atoms with Gasteiger partial charge in [-0.25, -0.2) is 0 Å². The van der Waals surface area contributed by atoms with Crippen molar-refractivity contribution in [1.82, 2.24) is 20.9 Å². The molecule has 10 nitrogen and oxygen atoms in total. The molecule has 0 radical (unpaired) electrons. The summed E-state index contributed by atoms with van der Waals surface area (Å²) in [6, 6.07) is 7.84. The Balaban J connectivity index is 0.00000101. The van der Waals surface area contributed by atoms with Gasteiger partial charge in [-0.3, -0.25) is 19.2 Å². The second kappa shape index (κ2) is 11.3. The van der Waals surface area contributed by atoms with Crippen molar-refractivity contribution in [2.24, 2.45) is 0 Å². The lowest BCUT2D eigenvalue weighted by Crippen LogP contribution is -2.62. The molecule has 4 atom stereocenters. The number of hydrogen-bond acceptors (Lipinski definition) is 6. The topological polar surface area (TPSA) is 137 Å². The van der Waals surface area contributed by atoms with Crippen molar-refractivity contribution >= 4 is 24.2 Å². The monoisotopic (exact) mass is 420 g/mol. The molecule has 4 N–H and O–H groups in total. The van der Waals surface area contributed by atoms with Gasteiger partial charge in [0.2, 0.25) is 17.7 Å². The number of fused-ring (bicyclic) bond motifs is 1. The lowest BCUT2D eigenvalue weighted by Gasteiger charge is -2.37. The van der Waals surface area contributed by atoms with Crippen molar-refractivity contribution in [3.63, 3.8) is 0 Å². The van der Waals surface area contributed by atoms with Crippen molar-refractivity contribution in [2.45, 2.75) is 50.7 Å². The minimum absolute atomic E-state index is 0.126. The number of hydrogen-bond donors (Lipinski definition) is 4. The fraction of sp³-hybridized carbons (Fsp3) is 0.500. The van der Waals surface area contributed by atoms with E-state index in [1.807, 2.05) is 30.3 Å². The Bertz CT molecular complexity index is 744. The van der Waals surface area contributed by atoms with Crippen molar-refractivity contribution in [1.29, 1.82) is 0 Å². The summed E-state index contributed by atoms with van der Waals surface area (Å²) in [5.74, 6) is -0.740. The molecule has 164 valence electrons. The standard InChI is InChI=1S/C19H26N4O4.CH2O2/c1-12(20-2)17(24)22-14-11-27-16-9-8-15(23(16)19(14)26)18(25)21-10-13-6-4-3-5-7-13;2-1-3/h3-7,12,14-16,20H,8-11H2,1-2H3,(H,21,25)(H,22,24);1H,(H,2,3)/t12-,14-,15?,16-;/m0./s1. The number of rotatable bonds is 6. The SMILES string of the molecule is CN[C@@H](C)C(=O)N[C@H]1CO[C@H]2CCC(C(=O)NCc3ccccc3)N2C1=O.O=CO. The van der Waals surface area contributed by atoms with Crippen LogP contribution in [0.1, 0.15) is 25.3 Å². The molecule has 10 heteroatoms. The molecule has 3 amide bonds. The smallest absolute Gasteiger partial charge is 0.290 e. The molecular formula is C20H28N4O6. The molecule has 0 aromatic heterocycles. The maximum atomic E-state index is 12.9. The molecule has 2 fully saturated rings. The van der Waals surface area contributed by atoms with Crippen molar-refractivity contribution in [2.75, 3.05) is 13.7 Å². The highest BCUT2D eigenvalue weighted by Gasteiger charge is 2.47. The van der Waals surface area contributed by atoms with Gasteiger partial charge in [-0.05, 0) is 32.4 Å². The van der Waals surface area contributed by atoms with Gasteiger partial charge in [0.05, 0.1) is 12.6 Å². The average molecular weight is 420 g/mol. The fourth-order valence-corrected chi connectivity index (χ4v) is 3.39. The number of carbonyl (C=O) groups is 4. The molecule has 0 bridgehead atoms. The molecule has 0 aliphatic carbocycles. The third kappa shape index (κ3) is 5.77. The van der Waals surface area contributed by atoms with Gasteiger partial charge in [-0.15, -0.1) is 0 Å². The van der Waals surface area contributed by atoms with E-state index < -0.39 is 24.4 Å². The highest BCUT2D eigenvalue weighted by Crippen LogP contribution is 2.29. The largest absolute Gasteiger partial charge is 0.483 e. The van der Waals surface area contributed by atoms with Gasteiger partial charge in [0.25, 0.3) is 6.47 Å². The van der Waals surface area contributed by atoms with Crippen LogP contribution in [-0.2, 0) is 30.5 Å². The van der Waals surface area contributed by atoms with Crippen molar-refractivity contribution in [3.8, 4) is 0 Å². The summed E-state index contributed by atoms with van der Waals surface area (Å²) in [6.07, 6.45) is 0.757. The average Bonchev–Trinajstić information content (AvgIpc) is 3.19. The van der Waals surface area contributed by atoms with Crippen LogP contribution < -0.4 is 16.0 Å². The van der Waals surface area contributed by atoms with Gasteiger partial charge < -0.3 is 30.7 Å². The fourth-order valence-electron chi connectivity index (χ4n) is 3.39. The van der Waals surface area contributed by atoms with Gasteiger partial charge in [0.1, 0.15) is 18.3 Å². The number of carboxylic acid groups (broad SMARTS) is 1. The van der Waals surface area contributed by atoms with E-state index in [1.165, 1.54) is 4.90 Å². The van der Waals surface area contributed by atoms with E-state index in [0.29, 0.717) is 19.4 Å². The molecule has 2 aliphatic heterocycles. The van der Waals surface area contributed by atoms with Crippen molar-refractivity contribution < 1.29 is 29.0 Å². The molecule has 0 saturated carbocycles. The van der Waals surface area contributed by atoms with Crippen LogP contribution in [0.4, 0.5) is 0 Å². The van der Waals surface area contributed by atoms with E-state index in [2.05, 4.69) is 16.0 Å². The highest BCUT2D eigenvalue weighted by molar-refractivity contribution is 5.94. The lowest BCUT2D eigenvalue weighted by molar-refractivity contribution is -0.167. The third-order valence-corrected chi connectivity index (χ3v) is 5.10. The lowest BCUT2D eigenvalue weighted by atomic mass is 10.1. The summed E-state index contributed by atoms with van der Waals surface area (Å²) in [4.78, 5) is 47.4. The van der Waals surface area contributed by atoms with Gasteiger partial charge in [0.15, 0.2) is 0 Å². The van der Waals surface area contributed by atoms with Crippen LogP contribution >= 0.6 is 0 Å². The van der Waals surface area contributed by atoms with E-state index >= 15 is 0 Å². The van der Waals surface area contributed by atoms with E-state index in [1.54, 1.807) is 14.0 Å². The number of nitrogens with one attached hydrogen (secondary N) is 3. The van der Waals surface area contributed by atoms with Gasteiger partial charge in [0, 0.05) is 6.54 Å². The number of ether oxygens (including phenoxy) is 1. The minimum Gasteiger partial charge on any atom is -0.483 e. The van der Waals surface area contributed by atoms with Gasteiger partial charge in [-0.1, -0.05) is 30.3 Å². The first kappa shape index (κ1) is 23.3. The van der Waals surface area contributed by atoms with Crippen LogP contribution in [0.3, 0.4) is 0 Å². The van der Waals surface area contributed by atoms with Gasteiger partial charge >= 0.3 is 0 Å². The Morgan fingerprint density at radius 3 is 2.60 bits per heavy atom. The molecule has 1 unspecified atom stereocenters. The predicted octanol–water partition coefficient (Wildman–Crippen LogP) is -0.556. The van der Waals surface area contributed by atoms with Crippen LogP contribution in [-0.4, -0.2) is 72.2 Å². The zero-order valence-electron chi connectivity index (χ0n) is 17.0. The Labute approximate surface area is 174 Å². The number of likely N-dealkylation sites (N-methyl/N-ethyl adjacent to an activating group) is 1. The highest BCUT2D eigenvalue weighted by atomic mass is 16.5. The Kier molecular flexibility index (Phi) is 8.75. The third-order valence-electron chi connectivity index (χ3n) is 5.10. The molecule has 3 rings (SSSR count). The second-order valence-electron chi connectivity index (χ2n) is 7.01. The quantitative estimate of drug-likeness (QED) is 0.453. The van der Waals surface area contributed by atoms with Crippen LogP contribution in [0.15, 0.2) is 30.3 Å². The summed E-state index contributed by atoms with van der Waals surface area (Å²) in [7, 11) is 1.67. The maximum absolute atomic E-state index is 12.9. The van der Waals surface area contributed by atoms with Crippen LogP contribution in [0, 0.1) is 0 Å². The molecule has 2 saturated heterocycles.